The first-order chi connectivity index (χ1) is 11.6. The van der Waals surface area contributed by atoms with E-state index < -0.39 is 16.6 Å². The number of nitrogens with zero attached hydrogens (tertiary/aromatic N) is 2. The van der Waals surface area contributed by atoms with E-state index in [9.17, 15) is 0 Å². The lowest BCUT2D eigenvalue weighted by atomic mass is 10.2. The smallest absolute Gasteiger partial charge is 0.306 e. The Morgan fingerprint density at radius 3 is 2.08 bits per heavy atom. The van der Waals surface area contributed by atoms with E-state index in [1.165, 1.54) is 5.56 Å². The molecule has 0 atom stereocenters. The normalized spacial score (nSPS) is 12.4. The first-order valence-electron chi connectivity index (χ1n) is 8.36. The Bertz CT molecular complexity index is 884. The predicted octanol–water partition coefficient (Wildman–Crippen LogP) is 5.79. The SMILES string of the molecule is C[Si](C)(C)Oc1nc(O[Si](C)(C)C)c2sc(-c3ccccc3)cc2n1. The highest BCUT2D eigenvalue weighted by Gasteiger charge is 2.24. The summed E-state index contributed by atoms with van der Waals surface area (Å²) in [5.74, 6) is 0.657. The van der Waals surface area contributed by atoms with E-state index in [0.717, 1.165) is 15.1 Å². The van der Waals surface area contributed by atoms with Crippen molar-refractivity contribution >= 4 is 38.2 Å². The van der Waals surface area contributed by atoms with Crippen LogP contribution in [0.2, 0.25) is 39.3 Å². The van der Waals surface area contributed by atoms with Crippen LogP contribution in [0.15, 0.2) is 36.4 Å². The fourth-order valence-corrected chi connectivity index (χ4v) is 4.78. The molecular weight excluding hydrogens is 364 g/mol. The molecule has 0 aliphatic heterocycles. The van der Waals surface area contributed by atoms with E-state index in [-0.39, 0.29) is 0 Å². The minimum absolute atomic E-state index is 0.428. The summed E-state index contributed by atoms with van der Waals surface area (Å²) in [5.41, 5.74) is 2.07. The van der Waals surface area contributed by atoms with Crippen molar-refractivity contribution in [1.82, 2.24) is 9.97 Å². The number of hydrogen-bond acceptors (Lipinski definition) is 5. The monoisotopic (exact) mass is 388 g/mol. The fraction of sp³-hybridized carbons (Fsp3) is 0.333. The average Bonchev–Trinajstić information content (AvgIpc) is 2.89. The van der Waals surface area contributed by atoms with Crippen LogP contribution >= 0.6 is 11.3 Å². The molecule has 0 saturated heterocycles. The summed E-state index contributed by atoms with van der Waals surface area (Å²) >= 11 is 1.67. The zero-order valence-electron chi connectivity index (χ0n) is 15.6. The van der Waals surface area contributed by atoms with Gasteiger partial charge in [0.1, 0.15) is 4.70 Å². The highest BCUT2D eigenvalue weighted by atomic mass is 32.1. The van der Waals surface area contributed by atoms with Crippen molar-refractivity contribution < 1.29 is 8.85 Å². The fourth-order valence-electron chi connectivity index (χ4n) is 2.31. The summed E-state index contributed by atoms with van der Waals surface area (Å²) in [5, 5.41) is 0. The van der Waals surface area contributed by atoms with Crippen LogP contribution in [0.4, 0.5) is 0 Å². The van der Waals surface area contributed by atoms with Crippen LogP contribution in [0.25, 0.3) is 20.7 Å². The summed E-state index contributed by atoms with van der Waals surface area (Å²) in [6, 6.07) is 12.9. The number of fused-ring (bicyclic) bond motifs is 1. The number of aromatic nitrogens is 2. The Morgan fingerprint density at radius 2 is 1.48 bits per heavy atom. The van der Waals surface area contributed by atoms with Crippen molar-refractivity contribution in [3.63, 3.8) is 0 Å². The summed E-state index contributed by atoms with van der Waals surface area (Å²) < 4.78 is 13.3. The largest absolute Gasteiger partial charge is 0.530 e. The van der Waals surface area contributed by atoms with Gasteiger partial charge in [-0.25, -0.2) is 0 Å². The molecule has 0 aliphatic rings. The number of benzene rings is 1. The minimum atomic E-state index is -1.79. The lowest BCUT2D eigenvalue weighted by Crippen LogP contribution is -2.31. The van der Waals surface area contributed by atoms with Crippen LogP contribution < -0.4 is 8.85 Å². The minimum Gasteiger partial charge on any atom is -0.530 e. The Balaban J connectivity index is 2.13. The number of rotatable bonds is 5. The molecule has 0 spiro atoms. The number of thiophene rings is 1. The number of hydrogen-bond donors (Lipinski definition) is 0. The van der Waals surface area contributed by atoms with Crippen LogP contribution in [-0.4, -0.2) is 26.6 Å². The van der Waals surface area contributed by atoms with Gasteiger partial charge in [0, 0.05) is 4.88 Å². The van der Waals surface area contributed by atoms with Crippen molar-refractivity contribution in [2.45, 2.75) is 39.3 Å². The molecule has 1 aromatic carbocycles. The molecule has 0 aliphatic carbocycles. The third kappa shape index (κ3) is 4.68. The average molecular weight is 389 g/mol. The van der Waals surface area contributed by atoms with Gasteiger partial charge in [-0.15, -0.1) is 11.3 Å². The van der Waals surface area contributed by atoms with Crippen LogP contribution in [0.5, 0.6) is 11.9 Å². The lowest BCUT2D eigenvalue weighted by molar-refractivity contribution is 0.483. The Kier molecular flexibility index (Phi) is 4.74. The zero-order valence-corrected chi connectivity index (χ0v) is 18.4. The van der Waals surface area contributed by atoms with Crippen molar-refractivity contribution in [1.29, 1.82) is 0 Å². The molecular formula is C18H24N2O2SSi2. The second-order valence-corrected chi connectivity index (χ2v) is 17.8. The van der Waals surface area contributed by atoms with E-state index in [1.807, 2.05) is 18.2 Å². The summed E-state index contributed by atoms with van der Waals surface area (Å²) in [4.78, 5) is 10.4. The van der Waals surface area contributed by atoms with Crippen molar-refractivity contribution in [3.8, 4) is 22.3 Å². The van der Waals surface area contributed by atoms with Crippen LogP contribution in [0, 0.1) is 0 Å². The molecule has 0 bridgehead atoms. The van der Waals surface area contributed by atoms with Gasteiger partial charge in [0.2, 0.25) is 22.5 Å². The second kappa shape index (κ2) is 6.55. The molecule has 0 unspecified atom stereocenters. The second-order valence-electron chi connectivity index (χ2n) is 7.93. The maximum absolute atomic E-state index is 6.25. The van der Waals surface area contributed by atoms with E-state index >= 15 is 0 Å². The quantitative estimate of drug-likeness (QED) is 0.519. The van der Waals surface area contributed by atoms with Crippen molar-refractivity contribution in [2.24, 2.45) is 0 Å². The van der Waals surface area contributed by atoms with Gasteiger partial charge in [-0.1, -0.05) is 30.3 Å². The van der Waals surface area contributed by atoms with Crippen LogP contribution in [0.1, 0.15) is 0 Å². The van der Waals surface area contributed by atoms with E-state index in [1.54, 1.807) is 11.3 Å². The van der Waals surface area contributed by atoms with Gasteiger partial charge in [0.25, 0.3) is 0 Å². The van der Waals surface area contributed by atoms with Crippen molar-refractivity contribution in [3.05, 3.63) is 36.4 Å². The molecule has 3 aromatic rings. The van der Waals surface area contributed by atoms with Gasteiger partial charge >= 0.3 is 6.01 Å². The first-order valence-corrected chi connectivity index (χ1v) is 16.0. The summed E-state index contributed by atoms with van der Waals surface area (Å²) in [6.07, 6.45) is 0. The standard InChI is InChI=1S/C18H24N2O2SSi2/c1-24(2,3)21-17-16-14(19-18(20-17)22-25(4,5)6)12-15(23-16)13-10-8-7-9-11-13/h7-12H,1-6H3. The summed E-state index contributed by atoms with van der Waals surface area (Å²) in [7, 11) is -3.58. The van der Waals surface area contributed by atoms with E-state index in [0.29, 0.717) is 11.9 Å². The van der Waals surface area contributed by atoms with Crippen LogP contribution in [-0.2, 0) is 0 Å². The lowest BCUT2D eigenvalue weighted by Gasteiger charge is -2.21. The molecule has 132 valence electrons. The molecule has 0 saturated carbocycles. The molecule has 3 rings (SSSR count). The van der Waals surface area contributed by atoms with Gasteiger partial charge in [-0.2, -0.15) is 9.97 Å². The van der Waals surface area contributed by atoms with Gasteiger partial charge in [-0.3, -0.25) is 0 Å². The van der Waals surface area contributed by atoms with Crippen molar-refractivity contribution in [2.75, 3.05) is 0 Å². The van der Waals surface area contributed by atoms with Gasteiger partial charge in [0.05, 0.1) is 5.52 Å². The molecule has 0 fully saturated rings. The van der Waals surface area contributed by atoms with Gasteiger partial charge < -0.3 is 8.85 Å². The predicted molar refractivity (Wildman–Crippen MR) is 111 cm³/mol. The molecule has 7 heteroatoms. The molecule has 4 nitrogen and oxygen atoms in total. The van der Waals surface area contributed by atoms with Gasteiger partial charge in [0.15, 0.2) is 0 Å². The van der Waals surface area contributed by atoms with E-state index in [4.69, 9.17) is 8.85 Å². The molecule has 2 heterocycles. The third-order valence-electron chi connectivity index (χ3n) is 3.18. The molecule has 0 amide bonds. The molecule has 25 heavy (non-hydrogen) atoms. The highest BCUT2D eigenvalue weighted by molar-refractivity contribution is 7.22. The maximum Gasteiger partial charge on any atom is 0.306 e. The maximum atomic E-state index is 6.25. The Hall–Kier alpha value is -1.71. The zero-order chi connectivity index (χ0) is 18.2. The molecule has 2 aromatic heterocycles. The first kappa shape index (κ1) is 18.1. The van der Waals surface area contributed by atoms with Gasteiger partial charge in [-0.05, 0) is 50.9 Å². The summed E-state index contributed by atoms with van der Waals surface area (Å²) in [6.45, 7) is 12.9. The Labute approximate surface area is 155 Å². The Morgan fingerprint density at radius 1 is 0.840 bits per heavy atom. The van der Waals surface area contributed by atoms with Crippen LogP contribution in [0.3, 0.4) is 0 Å². The highest BCUT2D eigenvalue weighted by Crippen LogP contribution is 2.38. The topological polar surface area (TPSA) is 44.2 Å². The molecule has 0 N–H and O–H groups in total. The molecule has 0 radical (unpaired) electrons. The third-order valence-corrected chi connectivity index (χ3v) is 5.94. The van der Waals surface area contributed by atoms with E-state index in [2.05, 4.69) is 67.4 Å².